The van der Waals surface area contributed by atoms with Gasteiger partial charge in [0.05, 0.1) is 0 Å². The highest BCUT2D eigenvalue weighted by atomic mass is 16.1. The normalized spacial score (nSPS) is 21.9. The van der Waals surface area contributed by atoms with Crippen molar-refractivity contribution >= 4 is 5.91 Å². The summed E-state index contributed by atoms with van der Waals surface area (Å²) >= 11 is 0. The number of amides is 1. The SMILES string of the molecule is CN1CCN(CCC(N)=O)C[C@@H]1c1ccccc1. The summed E-state index contributed by atoms with van der Waals surface area (Å²) in [6.07, 6.45) is 0.450. The summed E-state index contributed by atoms with van der Waals surface area (Å²) in [6, 6.07) is 10.9. The van der Waals surface area contributed by atoms with Crippen molar-refractivity contribution in [3.63, 3.8) is 0 Å². The number of hydrogen-bond acceptors (Lipinski definition) is 3. The van der Waals surface area contributed by atoms with E-state index in [4.69, 9.17) is 5.73 Å². The highest BCUT2D eigenvalue weighted by Crippen LogP contribution is 2.23. The first-order chi connectivity index (χ1) is 8.66. The minimum atomic E-state index is -0.217. The van der Waals surface area contributed by atoms with E-state index in [1.807, 2.05) is 6.07 Å². The molecule has 1 heterocycles. The van der Waals surface area contributed by atoms with Crippen molar-refractivity contribution < 1.29 is 4.79 Å². The molecule has 1 aromatic rings. The third-order valence-corrected chi connectivity index (χ3v) is 3.59. The van der Waals surface area contributed by atoms with Crippen LogP contribution in [-0.2, 0) is 4.79 Å². The molecule has 0 radical (unpaired) electrons. The van der Waals surface area contributed by atoms with Gasteiger partial charge in [0.25, 0.3) is 0 Å². The molecule has 1 saturated heterocycles. The Balaban J connectivity index is 1.99. The summed E-state index contributed by atoms with van der Waals surface area (Å²) in [5.41, 5.74) is 6.54. The lowest BCUT2D eigenvalue weighted by molar-refractivity contribution is -0.118. The molecule has 2 N–H and O–H groups in total. The Morgan fingerprint density at radius 2 is 2.06 bits per heavy atom. The summed E-state index contributed by atoms with van der Waals surface area (Å²) in [5.74, 6) is -0.217. The Bertz CT molecular complexity index is 393. The van der Waals surface area contributed by atoms with Crippen molar-refractivity contribution in [1.29, 1.82) is 0 Å². The summed E-state index contributed by atoms with van der Waals surface area (Å²) < 4.78 is 0. The minimum Gasteiger partial charge on any atom is -0.370 e. The second-order valence-corrected chi connectivity index (χ2v) is 4.92. The topological polar surface area (TPSA) is 49.6 Å². The number of likely N-dealkylation sites (N-methyl/N-ethyl adjacent to an activating group) is 1. The van der Waals surface area contributed by atoms with Crippen LogP contribution in [0.4, 0.5) is 0 Å². The van der Waals surface area contributed by atoms with Crippen molar-refractivity contribution in [2.45, 2.75) is 12.5 Å². The first-order valence-electron chi connectivity index (χ1n) is 6.42. The molecule has 0 aromatic heterocycles. The second kappa shape index (κ2) is 5.98. The Labute approximate surface area is 108 Å². The van der Waals surface area contributed by atoms with Gasteiger partial charge in [-0.2, -0.15) is 0 Å². The zero-order valence-electron chi connectivity index (χ0n) is 10.9. The maximum Gasteiger partial charge on any atom is 0.218 e. The molecule has 2 rings (SSSR count). The maximum absolute atomic E-state index is 10.8. The fourth-order valence-corrected chi connectivity index (χ4v) is 2.44. The molecule has 0 aliphatic carbocycles. The zero-order chi connectivity index (χ0) is 13.0. The molecule has 0 bridgehead atoms. The number of rotatable bonds is 4. The van der Waals surface area contributed by atoms with Crippen molar-refractivity contribution in [1.82, 2.24) is 9.80 Å². The first-order valence-corrected chi connectivity index (χ1v) is 6.42. The Hall–Kier alpha value is -1.39. The second-order valence-electron chi connectivity index (χ2n) is 4.92. The predicted molar refractivity (Wildman–Crippen MR) is 72.1 cm³/mol. The molecule has 4 nitrogen and oxygen atoms in total. The van der Waals surface area contributed by atoms with Crippen LogP contribution in [0.5, 0.6) is 0 Å². The van der Waals surface area contributed by atoms with Crippen LogP contribution in [0.2, 0.25) is 0 Å². The van der Waals surface area contributed by atoms with Crippen LogP contribution >= 0.6 is 0 Å². The van der Waals surface area contributed by atoms with Crippen LogP contribution in [0.3, 0.4) is 0 Å². The molecule has 1 amide bonds. The summed E-state index contributed by atoms with van der Waals surface area (Å²) in [6.45, 7) is 3.77. The number of piperazine rings is 1. The molecule has 0 spiro atoms. The van der Waals surface area contributed by atoms with Gasteiger partial charge >= 0.3 is 0 Å². The monoisotopic (exact) mass is 247 g/mol. The quantitative estimate of drug-likeness (QED) is 0.858. The maximum atomic E-state index is 10.8. The van der Waals surface area contributed by atoms with E-state index in [1.165, 1.54) is 5.56 Å². The Kier molecular flexibility index (Phi) is 4.33. The lowest BCUT2D eigenvalue weighted by Crippen LogP contribution is -2.47. The van der Waals surface area contributed by atoms with Crippen LogP contribution in [-0.4, -0.2) is 48.9 Å². The summed E-state index contributed by atoms with van der Waals surface area (Å²) in [4.78, 5) is 15.5. The number of hydrogen-bond donors (Lipinski definition) is 1. The van der Waals surface area contributed by atoms with Gasteiger partial charge in [0.1, 0.15) is 0 Å². The lowest BCUT2D eigenvalue weighted by Gasteiger charge is -2.39. The first kappa shape index (κ1) is 13.1. The highest BCUT2D eigenvalue weighted by Gasteiger charge is 2.25. The standard InChI is InChI=1S/C14H21N3O/c1-16-9-10-17(8-7-14(15)18)11-13(16)12-5-3-2-4-6-12/h2-6,13H,7-11H2,1H3,(H2,15,18)/t13-/m1/s1. The van der Waals surface area contributed by atoms with E-state index in [-0.39, 0.29) is 5.91 Å². The number of carbonyl (C=O) groups excluding carboxylic acids is 1. The molecule has 4 heteroatoms. The van der Waals surface area contributed by atoms with Crippen LogP contribution in [0, 0.1) is 0 Å². The Morgan fingerprint density at radius 3 is 2.72 bits per heavy atom. The molecule has 18 heavy (non-hydrogen) atoms. The Morgan fingerprint density at radius 1 is 1.33 bits per heavy atom. The van der Waals surface area contributed by atoms with Crippen LogP contribution in [0.25, 0.3) is 0 Å². The van der Waals surface area contributed by atoms with E-state index in [9.17, 15) is 4.79 Å². The number of benzene rings is 1. The molecular formula is C14H21N3O. The van der Waals surface area contributed by atoms with Crippen molar-refractivity contribution in [3.05, 3.63) is 35.9 Å². The molecule has 98 valence electrons. The van der Waals surface area contributed by atoms with Gasteiger partial charge in [0, 0.05) is 38.6 Å². The molecular weight excluding hydrogens is 226 g/mol. The van der Waals surface area contributed by atoms with Crippen molar-refractivity contribution in [2.75, 3.05) is 33.2 Å². The predicted octanol–water partition coefficient (Wildman–Crippen LogP) is 0.851. The van der Waals surface area contributed by atoms with E-state index < -0.39 is 0 Å². The molecule has 1 aliphatic heterocycles. The van der Waals surface area contributed by atoms with E-state index in [1.54, 1.807) is 0 Å². The van der Waals surface area contributed by atoms with Gasteiger partial charge in [-0.15, -0.1) is 0 Å². The molecule has 0 unspecified atom stereocenters. The average molecular weight is 247 g/mol. The van der Waals surface area contributed by atoms with E-state index >= 15 is 0 Å². The largest absolute Gasteiger partial charge is 0.370 e. The van der Waals surface area contributed by atoms with Gasteiger partial charge < -0.3 is 5.73 Å². The fourth-order valence-electron chi connectivity index (χ4n) is 2.44. The van der Waals surface area contributed by atoms with Crippen LogP contribution in [0.1, 0.15) is 18.0 Å². The molecule has 1 aromatic carbocycles. The summed E-state index contributed by atoms with van der Waals surface area (Å²) in [5, 5.41) is 0. The third-order valence-electron chi connectivity index (χ3n) is 3.59. The van der Waals surface area contributed by atoms with Gasteiger partial charge in [0.15, 0.2) is 0 Å². The lowest BCUT2D eigenvalue weighted by atomic mass is 10.0. The number of nitrogens with two attached hydrogens (primary N) is 1. The van der Waals surface area contributed by atoms with Gasteiger partial charge in [0.2, 0.25) is 5.91 Å². The fraction of sp³-hybridized carbons (Fsp3) is 0.500. The molecule has 1 fully saturated rings. The van der Waals surface area contributed by atoms with Gasteiger partial charge in [-0.05, 0) is 12.6 Å². The van der Waals surface area contributed by atoms with Gasteiger partial charge in [-0.25, -0.2) is 0 Å². The number of carbonyl (C=O) groups is 1. The number of primary amides is 1. The number of nitrogens with zero attached hydrogens (tertiary/aromatic N) is 2. The van der Waals surface area contributed by atoms with E-state index in [0.29, 0.717) is 12.5 Å². The van der Waals surface area contributed by atoms with Gasteiger partial charge in [-0.3, -0.25) is 14.6 Å². The van der Waals surface area contributed by atoms with Crippen molar-refractivity contribution in [3.8, 4) is 0 Å². The summed E-state index contributed by atoms with van der Waals surface area (Å²) in [7, 11) is 2.16. The third kappa shape index (κ3) is 3.31. The van der Waals surface area contributed by atoms with Crippen LogP contribution in [0.15, 0.2) is 30.3 Å². The van der Waals surface area contributed by atoms with Gasteiger partial charge in [-0.1, -0.05) is 30.3 Å². The minimum absolute atomic E-state index is 0.217. The molecule has 1 atom stereocenters. The van der Waals surface area contributed by atoms with E-state index in [2.05, 4.69) is 41.1 Å². The highest BCUT2D eigenvalue weighted by molar-refractivity contribution is 5.73. The van der Waals surface area contributed by atoms with Crippen LogP contribution < -0.4 is 5.73 Å². The average Bonchev–Trinajstić information content (AvgIpc) is 2.38. The molecule has 1 aliphatic rings. The molecule has 0 saturated carbocycles. The van der Waals surface area contributed by atoms with Crippen molar-refractivity contribution in [2.24, 2.45) is 5.73 Å². The smallest absolute Gasteiger partial charge is 0.218 e. The zero-order valence-corrected chi connectivity index (χ0v) is 10.9. The van der Waals surface area contributed by atoms with E-state index in [0.717, 1.165) is 26.2 Å².